The molecule has 8 N–H and O–H groups in total. The molecule has 2 unspecified atom stereocenters. The number of fused-ring (bicyclic) bond motifs is 1. The van der Waals surface area contributed by atoms with Gasteiger partial charge in [-0.2, -0.15) is 0 Å². The summed E-state index contributed by atoms with van der Waals surface area (Å²) in [6.07, 6.45) is -0.191. The van der Waals surface area contributed by atoms with Crippen molar-refractivity contribution in [3.05, 3.63) is 83.4 Å². The zero-order chi connectivity index (χ0) is 29.3. The summed E-state index contributed by atoms with van der Waals surface area (Å²) in [5.74, 6) is -2.23. The first-order valence-electron chi connectivity index (χ1n) is 12.7. The van der Waals surface area contributed by atoms with Gasteiger partial charge in [0, 0.05) is 18.5 Å². The molecule has 40 heavy (non-hydrogen) atoms. The van der Waals surface area contributed by atoms with E-state index in [4.69, 9.17) is 16.9 Å². The van der Waals surface area contributed by atoms with Crippen LogP contribution >= 0.6 is 0 Å². The molecule has 0 aliphatic rings. The first kappa shape index (κ1) is 30.3. The maximum Gasteiger partial charge on any atom is 0.242 e. The highest BCUT2D eigenvalue weighted by Crippen LogP contribution is 2.17. The number of nitrogens with two attached hydrogens (primary N) is 2. The van der Waals surface area contributed by atoms with Crippen molar-refractivity contribution < 1.29 is 22.8 Å². The molecule has 0 saturated heterocycles. The standard InChI is InChI=1S/C28H34N6O5S/c1-2-40(38,39)34-24(16-19-9-10-20-5-3-4-6-22(20)15-19)28(37)33-23(13-14-25(29)35)27(36)32-17-18-7-11-21(12-8-18)26(30)31/h3-12,15,23-24,34H,2,13-14,16-17H2,1H3,(H2,29,35)(H3,30,31)(H,32,36)(H,33,37). The second-order valence-electron chi connectivity index (χ2n) is 9.35. The van der Waals surface area contributed by atoms with Crippen LogP contribution in [0.5, 0.6) is 0 Å². The summed E-state index contributed by atoms with van der Waals surface area (Å²) >= 11 is 0. The molecule has 11 nitrogen and oxygen atoms in total. The molecule has 0 aliphatic carbocycles. The van der Waals surface area contributed by atoms with Crippen LogP contribution < -0.4 is 26.8 Å². The first-order valence-corrected chi connectivity index (χ1v) is 14.4. The molecule has 3 aromatic carbocycles. The number of amides is 3. The zero-order valence-corrected chi connectivity index (χ0v) is 23.0. The van der Waals surface area contributed by atoms with Gasteiger partial charge in [0.1, 0.15) is 17.9 Å². The third-order valence-corrected chi connectivity index (χ3v) is 7.72. The van der Waals surface area contributed by atoms with Gasteiger partial charge in [-0.25, -0.2) is 13.1 Å². The molecular formula is C28H34N6O5S. The smallest absolute Gasteiger partial charge is 0.242 e. The minimum atomic E-state index is -3.77. The molecule has 0 aliphatic heterocycles. The molecule has 12 heteroatoms. The van der Waals surface area contributed by atoms with E-state index >= 15 is 0 Å². The van der Waals surface area contributed by atoms with E-state index in [2.05, 4.69) is 15.4 Å². The van der Waals surface area contributed by atoms with Crippen LogP contribution in [0.2, 0.25) is 0 Å². The molecule has 0 heterocycles. The molecule has 2 atom stereocenters. The highest BCUT2D eigenvalue weighted by atomic mass is 32.2. The van der Waals surface area contributed by atoms with Crippen LogP contribution in [0.3, 0.4) is 0 Å². The Morgan fingerprint density at radius 3 is 2.15 bits per heavy atom. The average Bonchev–Trinajstić information content (AvgIpc) is 2.93. The third-order valence-electron chi connectivity index (χ3n) is 6.32. The highest BCUT2D eigenvalue weighted by Gasteiger charge is 2.28. The highest BCUT2D eigenvalue weighted by molar-refractivity contribution is 7.89. The molecule has 212 valence electrons. The van der Waals surface area contributed by atoms with Crippen LogP contribution in [-0.4, -0.2) is 49.8 Å². The lowest BCUT2D eigenvalue weighted by Gasteiger charge is -2.23. The molecule has 0 radical (unpaired) electrons. The Hall–Kier alpha value is -4.29. The molecule has 0 aromatic heterocycles. The summed E-state index contributed by atoms with van der Waals surface area (Å²) < 4.78 is 27.3. The van der Waals surface area contributed by atoms with Gasteiger partial charge in [0.25, 0.3) is 0 Å². The van der Waals surface area contributed by atoms with E-state index in [0.29, 0.717) is 5.56 Å². The summed E-state index contributed by atoms with van der Waals surface area (Å²) in [7, 11) is -3.77. The van der Waals surface area contributed by atoms with Crippen molar-refractivity contribution in [2.45, 2.75) is 44.8 Å². The number of benzene rings is 3. The van der Waals surface area contributed by atoms with E-state index in [9.17, 15) is 22.8 Å². The SMILES string of the molecule is CCS(=O)(=O)NC(Cc1ccc2ccccc2c1)C(=O)NC(CCC(N)=O)C(=O)NCc1ccc(C(=N)N)cc1. The summed E-state index contributed by atoms with van der Waals surface area (Å²) in [5.41, 5.74) is 12.7. The number of amidine groups is 1. The fourth-order valence-corrected chi connectivity index (χ4v) is 4.82. The summed E-state index contributed by atoms with van der Waals surface area (Å²) in [5, 5.41) is 14.7. The minimum absolute atomic E-state index is 0.0442. The summed E-state index contributed by atoms with van der Waals surface area (Å²) in [4.78, 5) is 37.9. The Morgan fingerprint density at radius 2 is 1.52 bits per heavy atom. The lowest BCUT2D eigenvalue weighted by atomic mass is 10.0. The number of hydrogen-bond donors (Lipinski definition) is 6. The van der Waals surface area contributed by atoms with Gasteiger partial charge >= 0.3 is 0 Å². The van der Waals surface area contributed by atoms with Gasteiger partial charge in [-0.15, -0.1) is 0 Å². The minimum Gasteiger partial charge on any atom is -0.384 e. The maximum atomic E-state index is 13.4. The van der Waals surface area contributed by atoms with Crippen molar-refractivity contribution in [2.24, 2.45) is 11.5 Å². The lowest BCUT2D eigenvalue weighted by Crippen LogP contribution is -2.54. The van der Waals surface area contributed by atoms with Crippen LogP contribution in [0.1, 0.15) is 36.5 Å². The number of nitrogen functional groups attached to an aromatic ring is 1. The molecular weight excluding hydrogens is 532 g/mol. The Morgan fingerprint density at radius 1 is 0.875 bits per heavy atom. The number of rotatable bonds is 14. The van der Waals surface area contributed by atoms with E-state index in [1.807, 2.05) is 42.5 Å². The van der Waals surface area contributed by atoms with Crippen LogP contribution in [0, 0.1) is 5.41 Å². The largest absolute Gasteiger partial charge is 0.384 e. The van der Waals surface area contributed by atoms with E-state index in [-0.39, 0.29) is 37.4 Å². The van der Waals surface area contributed by atoms with Gasteiger partial charge in [-0.05, 0) is 41.7 Å². The van der Waals surface area contributed by atoms with Crippen molar-refractivity contribution in [2.75, 3.05) is 5.75 Å². The van der Waals surface area contributed by atoms with E-state index < -0.39 is 39.8 Å². The van der Waals surface area contributed by atoms with Crippen molar-refractivity contribution >= 4 is 44.4 Å². The quantitative estimate of drug-likeness (QED) is 0.124. The molecule has 3 amide bonds. The number of carbonyl (C=O) groups is 3. The monoisotopic (exact) mass is 566 g/mol. The van der Waals surface area contributed by atoms with Crippen molar-refractivity contribution in [1.29, 1.82) is 5.41 Å². The van der Waals surface area contributed by atoms with Gasteiger partial charge in [0.05, 0.1) is 5.75 Å². The number of primary amides is 1. The topological polar surface area (TPSA) is 197 Å². The Bertz CT molecular complexity index is 1490. The van der Waals surface area contributed by atoms with E-state index in [0.717, 1.165) is 21.9 Å². The second kappa shape index (κ2) is 13.7. The number of carbonyl (C=O) groups excluding carboxylic acids is 3. The van der Waals surface area contributed by atoms with Crippen LogP contribution in [0.15, 0.2) is 66.7 Å². The van der Waals surface area contributed by atoms with E-state index in [1.165, 1.54) is 6.92 Å². The number of hydrogen-bond acceptors (Lipinski definition) is 6. The van der Waals surface area contributed by atoms with Crippen LogP contribution in [0.4, 0.5) is 0 Å². The van der Waals surface area contributed by atoms with Gasteiger partial charge in [-0.1, -0.05) is 66.7 Å². The van der Waals surface area contributed by atoms with Gasteiger partial charge in [0.15, 0.2) is 0 Å². The maximum absolute atomic E-state index is 13.4. The van der Waals surface area contributed by atoms with E-state index in [1.54, 1.807) is 24.3 Å². The predicted octanol–water partition coefficient (Wildman–Crippen LogP) is 1.04. The van der Waals surface area contributed by atoms with Gasteiger partial charge < -0.3 is 22.1 Å². The van der Waals surface area contributed by atoms with Crippen molar-refractivity contribution in [3.63, 3.8) is 0 Å². The zero-order valence-electron chi connectivity index (χ0n) is 22.1. The van der Waals surface area contributed by atoms with Crippen LogP contribution in [0.25, 0.3) is 10.8 Å². The van der Waals surface area contributed by atoms with Crippen LogP contribution in [-0.2, 0) is 37.4 Å². The Labute approximate surface area is 233 Å². The molecule has 0 spiro atoms. The summed E-state index contributed by atoms with van der Waals surface area (Å²) in [6, 6.07) is 17.6. The fraction of sp³-hybridized carbons (Fsp3) is 0.286. The third kappa shape index (κ3) is 8.89. The number of nitrogens with one attached hydrogen (secondary N) is 4. The molecule has 0 bridgehead atoms. The first-order chi connectivity index (χ1) is 19.0. The molecule has 0 fully saturated rings. The molecule has 3 aromatic rings. The number of sulfonamides is 1. The predicted molar refractivity (Wildman–Crippen MR) is 154 cm³/mol. The van der Waals surface area contributed by atoms with Crippen molar-refractivity contribution in [1.82, 2.24) is 15.4 Å². The average molecular weight is 567 g/mol. The van der Waals surface area contributed by atoms with Gasteiger partial charge in [-0.3, -0.25) is 19.8 Å². The normalized spacial score (nSPS) is 12.8. The second-order valence-corrected chi connectivity index (χ2v) is 11.4. The molecule has 3 rings (SSSR count). The fourth-order valence-electron chi connectivity index (χ4n) is 4.03. The summed E-state index contributed by atoms with van der Waals surface area (Å²) in [6.45, 7) is 1.57. The van der Waals surface area contributed by atoms with Gasteiger partial charge in [0.2, 0.25) is 27.7 Å². The Kier molecular flexibility index (Phi) is 10.3. The van der Waals surface area contributed by atoms with Crippen molar-refractivity contribution in [3.8, 4) is 0 Å². The molecule has 0 saturated carbocycles. The lowest BCUT2D eigenvalue weighted by molar-refractivity contribution is -0.130. The Balaban J connectivity index is 1.77.